The lowest BCUT2D eigenvalue weighted by Crippen LogP contribution is -2.46. The topological polar surface area (TPSA) is 45.4 Å². The van der Waals surface area contributed by atoms with Crippen molar-refractivity contribution in [1.82, 2.24) is 14.9 Å². The minimum absolute atomic E-state index is 0.845. The number of hydrogen-bond donors (Lipinski definition) is 0. The van der Waals surface area contributed by atoms with Gasteiger partial charge in [-0.3, -0.25) is 9.88 Å². The van der Waals surface area contributed by atoms with Gasteiger partial charge in [0.2, 0.25) is 0 Å². The second-order valence-electron chi connectivity index (χ2n) is 5.44. The van der Waals surface area contributed by atoms with E-state index in [1.54, 1.807) is 0 Å². The number of hydrogen-bond acceptors (Lipinski definition) is 5. The standard InChI is InChI=1S/C16H22N4O/c1-3-16-18-13(2)15(21-16)12-19-8-10-20(11-9-19)14-4-6-17-7-5-14/h4-7H,3,8-12H2,1-2H3. The molecule has 112 valence electrons. The molecule has 2 aromatic rings. The molecule has 21 heavy (non-hydrogen) atoms. The van der Waals surface area contributed by atoms with Crippen LogP contribution in [0.4, 0.5) is 5.69 Å². The maximum Gasteiger partial charge on any atom is 0.194 e. The van der Waals surface area contributed by atoms with Gasteiger partial charge in [-0.2, -0.15) is 0 Å². The zero-order valence-electron chi connectivity index (χ0n) is 12.7. The second kappa shape index (κ2) is 6.26. The van der Waals surface area contributed by atoms with Crippen LogP contribution in [0.1, 0.15) is 24.3 Å². The van der Waals surface area contributed by atoms with Crippen LogP contribution in [0.5, 0.6) is 0 Å². The Morgan fingerprint density at radius 2 is 1.86 bits per heavy atom. The highest BCUT2D eigenvalue weighted by Crippen LogP contribution is 2.18. The molecule has 5 heteroatoms. The third-order valence-corrected chi connectivity index (χ3v) is 4.01. The predicted octanol–water partition coefficient (Wildman–Crippen LogP) is 2.26. The number of aryl methyl sites for hydroxylation is 2. The van der Waals surface area contributed by atoms with Gasteiger partial charge in [-0.1, -0.05) is 6.92 Å². The van der Waals surface area contributed by atoms with Crippen LogP contribution in [0.25, 0.3) is 0 Å². The summed E-state index contributed by atoms with van der Waals surface area (Å²) in [6.07, 6.45) is 4.56. The quantitative estimate of drug-likeness (QED) is 0.862. The van der Waals surface area contributed by atoms with Gasteiger partial charge in [0, 0.05) is 50.7 Å². The number of piperazine rings is 1. The van der Waals surface area contributed by atoms with E-state index in [1.807, 2.05) is 19.3 Å². The molecule has 3 rings (SSSR count). The lowest BCUT2D eigenvalue weighted by Gasteiger charge is -2.35. The minimum atomic E-state index is 0.845. The van der Waals surface area contributed by atoms with Crippen LogP contribution >= 0.6 is 0 Å². The van der Waals surface area contributed by atoms with E-state index >= 15 is 0 Å². The fourth-order valence-electron chi connectivity index (χ4n) is 2.71. The van der Waals surface area contributed by atoms with Gasteiger partial charge in [0.15, 0.2) is 5.89 Å². The average molecular weight is 286 g/mol. The molecule has 0 saturated carbocycles. The Morgan fingerprint density at radius 1 is 1.14 bits per heavy atom. The summed E-state index contributed by atoms with van der Waals surface area (Å²) >= 11 is 0. The van der Waals surface area contributed by atoms with Gasteiger partial charge < -0.3 is 9.32 Å². The molecule has 1 fully saturated rings. The van der Waals surface area contributed by atoms with Gasteiger partial charge in [-0.25, -0.2) is 4.98 Å². The van der Waals surface area contributed by atoms with Crippen molar-refractivity contribution in [3.63, 3.8) is 0 Å². The molecule has 1 aliphatic rings. The van der Waals surface area contributed by atoms with Gasteiger partial charge in [-0.15, -0.1) is 0 Å². The van der Waals surface area contributed by atoms with Crippen LogP contribution in [0, 0.1) is 6.92 Å². The van der Waals surface area contributed by atoms with E-state index in [0.29, 0.717) is 0 Å². The first-order valence-electron chi connectivity index (χ1n) is 7.58. The van der Waals surface area contributed by atoms with E-state index in [4.69, 9.17) is 4.42 Å². The molecule has 1 aliphatic heterocycles. The van der Waals surface area contributed by atoms with Gasteiger partial charge >= 0.3 is 0 Å². The summed E-state index contributed by atoms with van der Waals surface area (Å²) in [5.41, 5.74) is 2.29. The summed E-state index contributed by atoms with van der Waals surface area (Å²) in [4.78, 5) is 13.4. The second-order valence-corrected chi connectivity index (χ2v) is 5.44. The third-order valence-electron chi connectivity index (χ3n) is 4.01. The number of pyridine rings is 1. The van der Waals surface area contributed by atoms with Gasteiger partial charge in [0.1, 0.15) is 5.76 Å². The Morgan fingerprint density at radius 3 is 2.48 bits per heavy atom. The van der Waals surface area contributed by atoms with Crippen molar-refractivity contribution < 1.29 is 4.42 Å². The van der Waals surface area contributed by atoms with Crippen molar-refractivity contribution >= 4 is 5.69 Å². The average Bonchev–Trinajstić information content (AvgIpc) is 2.89. The summed E-state index contributed by atoms with van der Waals surface area (Å²) in [6, 6.07) is 4.15. The number of anilines is 1. The Labute approximate surface area is 125 Å². The summed E-state index contributed by atoms with van der Waals surface area (Å²) in [7, 11) is 0. The molecule has 0 amide bonds. The van der Waals surface area contributed by atoms with Crippen LogP contribution in [0.3, 0.4) is 0 Å². The highest BCUT2D eigenvalue weighted by Gasteiger charge is 2.19. The maximum atomic E-state index is 5.80. The first-order chi connectivity index (χ1) is 10.3. The van der Waals surface area contributed by atoms with Crippen LogP contribution in [0.2, 0.25) is 0 Å². The van der Waals surface area contributed by atoms with Crippen molar-refractivity contribution in [3.05, 3.63) is 41.9 Å². The van der Waals surface area contributed by atoms with Gasteiger partial charge in [0.25, 0.3) is 0 Å². The molecule has 0 N–H and O–H groups in total. The lowest BCUT2D eigenvalue weighted by atomic mass is 10.2. The number of rotatable bonds is 4. The van der Waals surface area contributed by atoms with E-state index in [1.165, 1.54) is 5.69 Å². The highest BCUT2D eigenvalue weighted by atomic mass is 16.4. The van der Waals surface area contributed by atoms with Crippen LogP contribution in [-0.4, -0.2) is 41.0 Å². The highest BCUT2D eigenvalue weighted by molar-refractivity contribution is 5.44. The number of nitrogens with zero attached hydrogens (tertiary/aromatic N) is 4. The Hall–Kier alpha value is -1.88. The van der Waals surface area contributed by atoms with E-state index in [-0.39, 0.29) is 0 Å². The van der Waals surface area contributed by atoms with E-state index in [2.05, 4.69) is 38.8 Å². The molecule has 0 aliphatic carbocycles. The molecule has 5 nitrogen and oxygen atoms in total. The first kappa shape index (κ1) is 14.1. The van der Waals surface area contributed by atoms with Crippen molar-refractivity contribution in [3.8, 4) is 0 Å². The molecular weight excluding hydrogens is 264 g/mol. The Balaban J connectivity index is 1.57. The molecule has 1 saturated heterocycles. The Bertz CT molecular complexity index is 573. The first-order valence-corrected chi connectivity index (χ1v) is 7.58. The van der Waals surface area contributed by atoms with Crippen molar-refractivity contribution in [2.24, 2.45) is 0 Å². The fourth-order valence-corrected chi connectivity index (χ4v) is 2.71. The lowest BCUT2D eigenvalue weighted by molar-refractivity contribution is 0.228. The molecule has 2 aromatic heterocycles. The zero-order valence-corrected chi connectivity index (χ0v) is 12.7. The van der Waals surface area contributed by atoms with Gasteiger partial charge in [0.05, 0.1) is 12.2 Å². The number of oxazole rings is 1. The molecule has 0 aromatic carbocycles. The van der Waals surface area contributed by atoms with Crippen LogP contribution in [-0.2, 0) is 13.0 Å². The zero-order chi connectivity index (χ0) is 14.7. The van der Waals surface area contributed by atoms with E-state index in [0.717, 1.165) is 56.5 Å². The SMILES string of the molecule is CCc1nc(C)c(CN2CCN(c3ccncc3)CC2)o1. The maximum absolute atomic E-state index is 5.80. The van der Waals surface area contributed by atoms with Crippen molar-refractivity contribution in [2.45, 2.75) is 26.8 Å². The minimum Gasteiger partial charge on any atom is -0.444 e. The summed E-state index contributed by atoms with van der Waals surface area (Å²) < 4.78 is 5.80. The summed E-state index contributed by atoms with van der Waals surface area (Å²) in [6.45, 7) is 9.14. The Kier molecular flexibility index (Phi) is 4.20. The molecule has 3 heterocycles. The normalized spacial score (nSPS) is 16.4. The molecular formula is C16H22N4O. The molecule has 0 unspecified atom stereocenters. The molecule has 0 spiro atoms. The van der Waals surface area contributed by atoms with Crippen molar-refractivity contribution in [1.29, 1.82) is 0 Å². The van der Waals surface area contributed by atoms with Crippen LogP contribution < -0.4 is 4.90 Å². The third kappa shape index (κ3) is 3.24. The summed E-state index contributed by atoms with van der Waals surface area (Å²) in [5.74, 6) is 1.86. The van der Waals surface area contributed by atoms with Crippen molar-refractivity contribution in [2.75, 3.05) is 31.1 Å². The fraction of sp³-hybridized carbons (Fsp3) is 0.500. The summed E-state index contributed by atoms with van der Waals surface area (Å²) in [5, 5.41) is 0. The largest absolute Gasteiger partial charge is 0.444 e. The smallest absolute Gasteiger partial charge is 0.194 e. The number of aromatic nitrogens is 2. The molecule has 0 atom stereocenters. The monoisotopic (exact) mass is 286 g/mol. The van der Waals surface area contributed by atoms with E-state index < -0.39 is 0 Å². The van der Waals surface area contributed by atoms with Gasteiger partial charge in [-0.05, 0) is 19.1 Å². The van der Waals surface area contributed by atoms with Crippen LogP contribution in [0.15, 0.2) is 28.9 Å². The van der Waals surface area contributed by atoms with E-state index in [9.17, 15) is 0 Å². The predicted molar refractivity (Wildman–Crippen MR) is 82.3 cm³/mol. The molecule has 0 radical (unpaired) electrons. The molecule has 0 bridgehead atoms.